The zero-order valence-corrected chi connectivity index (χ0v) is 11.9. The molecular weight excluding hydrogens is 254 g/mol. The van der Waals surface area contributed by atoms with Crippen molar-refractivity contribution in [1.82, 2.24) is 5.32 Å². The highest BCUT2D eigenvalue weighted by Crippen LogP contribution is 2.37. The van der Waals surface area contributed by atoms with Crippen molar-refractivity contribution in [2.45, 2.75) is 27.2 Å². The third kappa shape index (κ3) is 2.59. The molecule has 0 spiro atoms. The van der Waals surface area contributed by atoms with Gasteiger partial charge in [0.05, 0.1) is 11.3 Å². The normalized spacial score (nSPS) is 17.9. The van der Waals surface area contributed by atoms with E-state index in [9.17, 15) is 14.7 Å². The molecule has 0 radical (unpaired) electrons. The predicted octanol–water partition coefficient (Wildman–Crippen LogP) is 2.45. The van der Waals surface area contributed by atoms with E-state index >= 15 is 0 Å². The van der Waals surface area contributed by atoms with Crippen LogP contribution in [0.1, 0.15) is 31.9 Å². The van der Waals surface area contributed by atoms with Crippen molar-refractivity contribution < 1.29 is 14.7 Å². The van der Waals surface area contributed by atoms with Gasteiger partial charge < -0.3 is 10.4 Å². The Bertz CT molecular complexity index is 587. The Morgan fingerprint density at radius 2 is 1.95 bits per heavy atom. The number of carbonyl (C=O) groups is 2. The maximum absolute atomic E-state index is 11.7. The van der Waals surface area contributed by atoms with Crippen LogP contribution in [0.4, 0.5) is 0 Å². The van der Waals surface area contributed by atoms with Gasteiger partial charge in [-0.05, 0) is 23.8 Å². The van der Waals surface area contributed by atoms with Gasteiger partial charge in [-0.3, -0.25) is 4.79 Å². The molecule has 0 aromatic heterocycles. The van der Waals surface area contributed by atoms with E-state index in [-0.39, 0.29) is 17.7 Å². The fraction of sp³-hybridized carbons (Fsp3) is 0.375. The number of rotatable bonds is 3. The second-order valence-corrected chi connectivity index (χ2v) is 5.49. The van der Waals surface area contributed by atoms with Crippen LogP contribution in [0, 0.1) is 11.8 Å². The van der Waals surface area contributed by atoms with Gasteiger partial charge in [0.15, 0.2) is 0 Å². The van der Waals surface area contributed by atoms with Crippen LogP contribution in [-0.2, 0) is 16.0 Å². The number of carboxylic acid groups (broad SMARTS) is 1. The second-order valence-electron chi connectivity index (χ2n) is 5.49. The molecule has 2 rings (SSSR count). The van der Waals surface area contributed by atoms with Crippen molar-refractivity contribution in [2.75, 3.05) is 0 Å². The van der Waals surface area contributed by atoms with E-state index in [1.54, 1.807) is 0 Å². The summed E-state index contributed by atoms with van der Waals surface area (Å²) in [5, 5.41) is 12.3. The fourth-order valence-electron chi connectivity index (χ4n) is 2.76. The molecule has 0 bridgehead atoms. The topological polar surface area (TPSA) is 66.4 Å². The zero-order chi connectivity index (χ0) is 14.9. The summed E-state index contributed by atoms with van der Waals surface area (Å²) in [6.07, 6.45) is 0.693. The zero-order valence-electron chi connectivity index (χ0n) is 11.9. The van der Waals surface area contributed by atoms with Crippen LogP contribution < -0.4 is 5.32 Å². The highest BCUT2D eigenvalue weighted by atomic mass is 16.4. The summed E-state index contributed by atoms with van der Waals surface area (Å²) >= 11 is 0. The third-order valence-electron chi connectivity index (χ3n) is 3.70. The minimum absolute atomic E-state index is 0.0933. The standard InChI is InChI=1S/C16H19NO3/c1-9(2)13-8-11-6-4-5-7-12(11)15(17-10(3)18)14(13)16(19)20/h4-7,9,13H,8H2,1-3H3,(H,17,18)(H,19,20). The van der Waals surface area contributed by atoms with E-state index in [1.165, 1.54) is 6.92 Å². The van der Waals surface area contributed by atoms with E-state index in [0.29, 0.717) is 17.7 Å². The summed E-state index contributed by atoms with van der Waals surface area (Å²) in [5.74, 6) is -1.11. The largest absolute Gasteiger partial charge is 0.478 e. The Labute approximate surface area is 118 Å². The second kappa shape index (κ2) is 5.49. The summed E-state index contributed by atoms with van der Waals surface area (Å²) in [7, 11) is 0. The number of fused-ring (bicyclic) bond motifs is 1. The first kappa shape index (κ1) is 14.3. The van der Waals surface area contributed by atoms with Gasteiger partial charge in [0.25, 0.3) is 0 Å². The van der Waals surface area contributed by atoms with Crippen LogP contribution in [0.15, 0.2) is 29.8 Å². The number of carbonyl (C=O) groups excluding carboxylic acids is 1. The number of hydrogen-bond donors (Lipinski definition) is 2. The van der Waals surface area contributed by atoms with Crippen LogP contribution in [0.2, 0.25) is 0 Å². The molecule has 106 valence electrons. The Balaban J connectivity index is 2.66. The van der Waals surface area contributed by atoms with E-state index in [4.69, 9.17) is 0 Å². The molecule has 1 unspecified atom stereocenters. The highest BCUT2D eigenvalue weighted by molar-refractivity contribution is 6.01. The number of carboxylic acids is 1. The van der Waals surface area contributed by atoms with Crippen molar-refractivity contribution in [3.05, 3.63) is 41.0 Å². The Hall–Kier alpha value is -2.10. The molecule has 4 nitrogen and oxygen atoms in total. The summed E-state index contributed by atoms with van der Waals surface area (Å²) in [6, 6.07) is 7.65. The molecule has 0 heterocycles. The summed E-state index contributed by atoms with van der Waals surface area (Å²) in [5.41, 5.74) is 2.66. The van der Waals surface area contributed by atoms with Gasteiger partial charge in [0.1, 0.15) is 0 Å². The van der Waals surface area contributed by atoms with Crippen LogP contribution in [0.3, 0.4) is 0 Å². The molecule has 4 heteroatoms. The molecule has 0 fully saturated rings. The average Bonchev–Trinajstić information content (AvgIpc) is 2.37. The Morgan fingerprint density at radius 1 is 1.30 bits per heavy atom. The number of hydrogen-bond acceptors (Lipinski definition) is 2. The third-order valence-corrected chi connectivity index (χ3v) is 3.70. The van der Waals surface area contributed by atoms with Gasteiger partial charge in [0, 0.05) is 12.5 Å². The first-order valence-electron chi connectivity index (χ1n) is 6.75. The average molecular weight is 273 g/mol. The first-order chi connectivity index (χ1) is 9.41. The van der Waals surface area contributed by atoms with Crippen molar-refractivity contribution in [2.24, 2.45) is 11.8 Å². The molecule has 2 N–H and O–H groups in total. The van der Waals surface area contributed by atoms with Gasteiger partial charge >= 0.3 is 5.97 Å². The molecule has 1 amide bonds. The van der Waals surface area contributed by atoms with Gasteiger partial charge in [-0.15, -0.1) is 0 Å². The Kier molecular flexibility index (Phi) is 3.93. The maximum Gasteiger partial charge on any atom is 0.334 e. The molecule has 0 saturated carbocycles. The smallest absolute Gasteiger partial charge is 0.334 e. The first-order valence-corrected chi connectivity index (χ1v) is 6.75. The van der Waals surface area contributed by atoms with E-state index in [2.05, 4.69) is 5.32 Å². The minimum Gasteiger partial charge on any atom is -0.478 e. The maximum atomic E-state index is 11.7. The van der Waals surface area contributed by atoms with Crippen molar-refractivity contribution >= 4 is 17.6 Å². The lowest BCUT2D eigenvalue weighted by atomic mass is 9.76. The van der Waals surface area contributed by atoms with Gasteiger partial charge in [-0.2, -0.15) is 0 Å². The quantitative estimate of drug-likeness (QED) is 0.889. The number of benzene rings is 1. The molecule has 1 aliphatic carbocycles. The van der Waals surface area contributed by atoms with Crippen LogP contribution in [0.25, 0.3) is 5.70 Å². The SMILES string of the molecule is CC(=O)NC1=C(C(=O)O)C(C(C)C)Cc2ccccc21. The molecule has 0 saturated heterocycles. The number of amides is 1. The molecule has 1 aliphatic rings. The lowest BCUT2D eigenvalue weighted by molar-refractivity contribution is -0.133. The molecular formula is C16H19NO3. The van der Waals surface area contributed by atoms with Gasteiger partial charge in [-0.1, -0.05) is 38.1 Å². The number of aliphatic carboxylic acids is 1. The molecule has 1 aromatic rings. The van der Waals surface area contributed by atoms with Crippen LogP contribution in [-0.4, -0.2) is 17.0 Å². The van der Waals surface area contributed by atoms with E-state index in [1.807, 2.05) is 38.1 Å². The minimum atomic E-state index is -0.957. The van der Waals surface area contributed by atoms with Crippen LogP contribution in [0.5, 0.6) is 0 Å². The van der Waals surface area contributed by atoms with Crippen molar-refractivity contribution in [1.29, 1.82) is 0 Å². The van der Waals surface area contributed by atoms with Crippen molar-refractivity contribution in [3.63, 3.8) is 0 Å². The van der Waals surface area contributed by atoms with Gasteiger partial charge in [-0.25, -0.2) is 4.79 Å². The number of nitrogens with one attached hydrogen (secondary N) is 1. The van der Waals surface area contributed by atoms with Crippen LogP contribution >= 0.6 is 0 Å². The lowest BCUT2D eigenvalue weighted by Crippen LogP contribution is -2.32. The molecule has 0 aliphatic heterocycles. The predicted molar refractivity (Wildman–Crippen MR) is 76.8 cm³/mol. The molecule has 1 atom stereocenters. The summed E-state index contributed by atoms with van der Waals surface area (Å²) in [4.78, 5) is 23.1. The Morgan fingerprint density at radius 3 is 2.50 bits per heavy atom. The highest BCUT2D eigenvalue weighted by Gasteiger charge is 2.33. The lowest BCUT2D eigenvalue weighted by Gasteiger charge is -2.30. The molecule has 20 heavy (non-hydrogen) atoms. The van der Waals surface area contributed by atoms with Crippen molar-refractivity contribution in [3.8, 4) is 0 Å². The van der Waals surface area contributed by atoms with E-state index in [0.717, 1.165) is 11.1 Å². The summed E-state index contributed by atoms with van der Waals surface area (Å²) < 4.78 is 0. The monoisotopic (exact) mass is 273 g/mol. The molecule has 1 aromatic carbocycles. The van der Waals surface area contributed by atoms with E-state index < -0.39 is 5.97 Å². The van der Waals surface area contributed by atoms with Gasteiger partial charge in [0.2, 0.25) is 5.91 Å². The fourth-order valence-corrected chi connectivity index (χ4v) is 2.76. The summed E-state index contributed by atoms with van der Waals surface area (Å²) in [6.45, 7) is 5.41.